The zero-order valence-corrected chi connectivity index (χ0v) is 15.4. The molecule has 111 valence electrons. The summed E-state index contributed by atoms with van der Waals surface area (Å²) in [5, 5.41) is 0. The summed E-state index contributed by atoms with van der Waals surface area (Å²) in [5.74, 6) is 0. The van der Waals surface area contributed by atoms with E-state index in [9.17, 15) is 0 Å². The van der Waals surface area contributed by atoms with E-state index in [1.165, 1.54) is 44.9 Å². The minimum absolute atomic E-state index is 0. The normalized spacial score (nSPS) is 6.00. The average molecular weight is 324 g/mol. The zero-order valence-electron chi connectivity index (χ0n) is 12.5. The fraction of sp³-hybridized carbons (Fsp3) is 0.938. The maximum Gasteiger partial charge on any atom is 0 e. The van der Waals surface area contributed by atoms with Crippen LogP contribution in [-0.2, 0) is 32.7 Å². The summed E-state index contributed by atoms with van der Waals surface area (Å²) in [5.41, 5.74) is 0. The van der Waals surface area contributed by atoms with E-state index in [-0.39, 0.29) is 55.0 Å². The van der Waals surface area contributed by atoms with Gasteiger partial charge < -0.3 is 7.43 Å². The van der Waals surface area contributed by atoms with Gasteiger partial charge in [0.05, 0.1) is 0 Å². The molecule has 0 atom stereocenters. The van der Waals surface area contributed by atoms with Gasteiger partial charge in [-0.05, 0) is 0 Å². The van der Waals surface area contributed by atoms with Crippen LogP contribution in [0.25, 0.3) is 0 Å². The first-order valence-electron chi connectivity index (χ1n) is 6.24. The number of hydrogen-bond donors (Lipinski definition) is 0. The molecule has 0 saturated heterocycles. The Kier molecular flexibility index (Phi) is 171. The van der Waals surface area contributed by atoms with E-state index in [1.807, 2.05) is 0 Å². The van der Waals surface area contributed by atoms with E-state index in [0.29, 0.717) is 0 Å². The van der Waals surface area contributed by atoms with Crippen molar-refractivity contribution < 1.29 is 32.7 Å². The van der Waals surface area contributed by atoms with E-state index < -0.39 is 0 Å². The average Bonchev–Trinajstić information content (AvgIpc) is 2.16. The summed E-state index contributed by atoms with van der Waals surface area (Å²) < 4.78 is 0. The van der Waals surface area contributed by atoms with Crippen molar-refractivity contribution in [2.75, 3.05) is 0 Å². The van der Waals surface area contributed by atoms with Crippen LogP contribution in [0.3, 0.4) is 0 Å². The molecule has 0 unspecified atom stereocenters. The molecule has 0 aliphatic carbocycles. The molecule has 0 fully saturated rings. The van der Waals surface area contributed by atoms with Gasteiger partial charge in [0.25, 0.3) is 0 Å². The maximum absolute atomic E-state index is 2.23. The SMILES string of the molecule is C.C.CCC.CCCC.CCCCCC.[CH3-].[Y]. The maximum atomic E-state index is 2.23. The molecule has 1 radical (unpaired) electrons. The first kappa shape index (κ1) is 43.0. The Bertz CT molecular complexity index is 38.8. The van der Waals surface area contributed by atoms with Crippen molar-refractivity contribution in [3.8, 4) is 0 Å². The molecule has 1 heteroatoms. The monoisotopic (exact) mass is 324 g/mol. The third-order valence-electron chi connectivity index (χ3n) is 1.46. The van der Waals surface area contributed by atoms with Gasteiger partial charge in [-0.1, -0.05) is 101 Å². The Morgan fingerprint density at radius 1 is 0.529 bits per heavy atom. The summed E-state index contributed by atoms with van der Waals surface area (Å²) in [6, 6.07) is 0. The van der Waals surface area contributed by atoms with E-state index >= 15 is 0 Å². The Labute approximate surface area is 141 Å². The van der Waals surface area contributed by atoms with Gasteiger partial charge in [-0.3, -0.25) is 0 Å². The van der Waals surface area contributed by atoms with Crippen LogP contribution >= 0.6 is 0 Å². The second-order valence-electron chi connectivity index (χ2n) is 3.41. The number of rotatable bonds is 4. The van der Waals surface area contributed by atoms with E-state index in [1.54, 1.807) is 0 Å². The quantitative estimate of drug-likeness (QED) is 0.370. The summed E-state index contributed by atoms with van der Waals surface area (Å²) >= 11 is 0. The fourth-order valence-electron chi connectivity index (χ4n) is 0.500. The second-order valence-corrected chi connectivity index (χ2v) is 3.41. The fourth-order valence-corrected chi connectivity index (χ4v) is 0.500. The summed E-state index contributed by atoms with van der Waals surface area (Å²) in [4.78, 5) is 0. The first-order chi connectivity index (χ1) is 6.24. The molecule has 0 N–H and O–H groups in total. The summed E-state index contributed by atoms with van der Waals surface area (Å²) in [6.45, 7) is 13.1. The van der Waals surface area contributed by atoms with Crippen LogP contribution in [0.4, 0.5) is 0 Å². The predicted molar refractivity (Wildman–Crippen MR) is 86.2 cm³/mol. The third-order valence-corrected chi connectivity index (χ3v) is 1.46. The van der Waals surface area contributed by atoms with Crippen LogP contribution in [0.5, 0.6) is 0 Å². The second kappa shape index (κ2) is 67.5. The van der Waals surface area contributed by atoms with Gasteiger partial charge in [-0.25, -0.2) is 0 Å². The van der Waals surface area contributed by atoms with E-state index in [2.05, 4.69) is 41.5 Å². The number of unbranched alkanes of at least 4 members (excludes halogenated alkanes) is 4. The molecule has 0 spiro atoms. The largest absolute Gasteiger partial charge is 0.358 e. The molecule has 0 amide bonds. The molecular weight excluding hydrogens is 281 g/mol. The van der Waals surface area contributed by atoms with Gasteiger partial charge in [0.1, 0.15) is 0 Å². The molecule has 0 aromatic heterocycles. The van der Waals surface area contributed by atoms with Gasteiger partial charge in [0.2, 0.25) is 0 Å². The Balaban J connectivity index is -0.0000000166. The summed E-state index contributed by atoms with van der Waals surface area (Å²) in [7, 11) is 0. The van der Waals surface area contributed by atoms with Crippen LogP contribution in [0.1, 0.15) is 101 Å². The molecule has 0 nitrogen and oxygen atoms in total. The topological polar surface area (TPSA) is 0 Å². The minimum atomic E-state index is 0. The van der Waals surface area contributed by atoms with Crippen molar-refractivity contribution >= 4 is 0 Å². The van der Waals surface area contributed by atoms with Gasteiger partial charge in [0, 0.05) is 32.7 Å². The van der Waals surface area contributed by atoms with Crippen molar-refractivity contribution in [1.82, 2.24) is 0 Å². The third kappa shape index (κ3) is 150. The molecule has 17 heavy (non-hydrogen) atoms. The van der Waals surface area contributed by atoms with E-state index in [4.69, 9.17) is 0 Å². The van der Waals surface area contributed by atoms with E-state index in [0.717, 1.165) is 0 Å². The number of hydrogen-bond acceptors (Lipinski definition) is 0. The van der Waals surface area contributed by atoms with Crippen LogP contribution < -0.4 is 0 Å². The summed E-state index contributed by atoms with van der Waals surface area (Å²) in [6.07, 6.45) is 9.43. The molecule has 0 aromatic rings. The van der Waals surface area contributed by atoms with Gasteiger partial charge >= 0.3 is 0 Å². The van der Waals surface area contributed by atoms with Crippen molar-refractivity contribution in [2.24, 2.45) is 0 Å². The predicted octanol–water partition coefficient (Wildman–Crippen LogP) is 7.53. The molecule has 0 aliphatic rings. The molecular formula is C16H43Y-. The van der Waals surface area contributed by atoms with Crippen LogP contribution in [-0.4, -0.2) is 0 Å². The van der Waals surface area contributed by atoms with Crippen LogP contribution in [0.2, 0.25) is 0 Å². The Morgan fingerprint density at radius 2 is 0.706 bits per heavy atom. The van der Waals surface area contributed by atoms with Gasteiger partial charge in [0.15, 0.2) is 0 Å². The van der Waals surface area contributed by atoms with Crippen molar-refractivity contribution in [2.45, 2.75) is 101 Å². The molecule has 0 saturated carbocycles. The first-order valence-corrected chi connectivity index (χ1v) is 6.24. The minimum Gasteiger partial charge on any atom is -0.358 e. The van der Waals surface area contributed by atoms with Gasteiger partial charge in [-0.2, -0.15) is 0 Å². The Hall–Kier alpha value is 1.10. The van der Waals surface area contributed by atoms with Gasteiger partial charge in [-0.15, -0.1) is 0 Å². The molecule has 0 heterocycles. The van der Waals surface area contributed by atoms with Crippen LogP contribution in [0, 0.1) is 7.43 Å². The van der Waals surface area contributed by atoms with Crippen molar-refractivity contribution in [1.29, 1.82) is 0 Å². The van der Waals surface area contributed by atoms with Crippen LogP contribution in [0.15, 0.2) is 0 Å². The Morgan fingerprint density at radius 3 is 0.765 bits per heavy atom. The van der Waals surface area contributed by atoms with Crippen molar-refractivity contribution in [3.05, 3.63) is 7.43 Å². The molecule has 0 rings (SSSR count). The molecule has 0 bridgehead atoms. The standard InChI is InChI=1S/C6H14.C4H10.C3H8.2CH4.CH3.Y/c1-3-5-6-4-2;1-3-4-2;1-3-2;;;;/h3-6H2,1-2H3;3-4H2,1-2H3;3H2,1-2H3;2*1H4;1H3;/q;;;;;-1;. The smallest absolute Gasteiger partial charge is 0 e. The van der Waals surface area contributed by atoms with Crippen molar-refractivity contribution in [3.63, 3.8) is 0 Å². The zero-order chi connectivity index (χ0) is 10.9. The molecule has 0 aliphatic heterocycles. The molecule has 0 aromatic carbocycles.